The lowest BCUT2D eigenvalue weighted by Crippen LogP contribution is -2.04. The Kier molecular flexibility index (Phi) is 3.38. The van der Waals surface area contributed by atoms with Gasteiger partial charge >= 0.3 is 5.97 Å². The summed E-state index contributed by atoms with van der Waals surface area (Å²) in [6.07, 6.45) is 4.77. The predicted molar refractivity (Wildman–Crippen MR) is 43.9 cm³/mol. The van der Waals surface area contributed by atoms with E-state index in [1.165, 1.54) is 12.5 Å². The zero-order valence-electron chi connectivity index (χ0n) is 7.08. The molecule has 3 heteroatoms. The fraction of sp³-hybridized carbons (Fsp3) is 0.444. The van der Waals surface area contributed by atoms with Crippen molar-refractivity contribution < 1.29 is 13.9 Å². The zero-order valence-corrected chi connectivity index (χ0v) is 7.08. The molecule has 0 bridgehead atoms. The van der Waals surface area contributed by atoms with Crippen molar-refractivity contribution in [2.45, 2.75) is 19.8 Å². The number of hydrogen-bond donors (Lipinski definition) is 0. The number of carbonyl (C=O) groups excluding carboxylic acids is 1. The molecule has 0 aromatic carbocycles. The van der Waals surface area contributed by atoms with Crippen LogP contribution in [0.25, 0.3) is 0 Å². The third-order valence-electron chi connectivity index (χ3n) is 1.49. The summed E-state index contributed by atoms with van der Waals surface area (Å²) >= 11 is 0. The summed E-state index contributed by atoms with van der Waals surface area (Å²) < 4.78 is 9.67. The van der Waals surface area contributed by atoms with Crippen LogP contribution >= 0.6 is 0 Å². The molecule has 0 spiro atoms. The second-order valence-corrected chi connectivity index (χ2v) is 2.50. The summed E-state index contributed by atoms with van der Waals surface area (Å²) in [7, 11) is 0. The molecule has 3 nitrogen and oxygen atoms in total. The van der Waals surface area contributed by atoms with Crippen LogP contribution in [0.4, 0.5) is 0 Å². The fourth-order valence-electron chi connectivity index (χ4n) is 0.773. The number of unbranched alkanes of at least 4 members (excludes halogenated alkanes) is 1. The van der Waals surface area contributed by atoms with E-state index in [1.54, 1.807) is 6.07 Å². The molecule has 0 radical (unpaired) electrons. The van der Waals surface area contributed by atoms with Gasteiger partial charge in [0.1, 0.15) is 6.26 Å². The number of hydrogen-bond acceptors (Lipinski definition) is 3. The molecule has 0 amide bonds. The highest BCUT2D eigenvalue weighted by Gasteiger charge is 2.06. The van der Waals surface area contributed by atoms with Crippen molar-refractivity contribution in [3.63, 3.8) is 0 Å². The van der Waals surface area contributed by atoms with Gasteiger partial charge in [0.15, 0.2) is 0 Å². The van der Waals surface area contributed by atoms with E-state index in [0.717, 1.165) is 12.8 Å². The third-order valence-corrected chi connectivity index (χ3v) is 1.49. The summed E-state index contributed by atoms with van der Waals surface area (Å²) in [4.78, 5) is 11.1. The minimum absolute atomic E-state index is 0.308. The lowest BCUT2D eigenvalue weighted by molar-refractivity contribution is 0.0499. The number of furan rings is 1. The van der Waals surface area contributed by atoms with Crippen LogP contribution in [0, 0.1) is 0 Å². The highest BCUT2D eigenvalue weighted by atomic mass is 16.5. The Balaban J connectivity index is 2.30. The number of carbonyl (C=O) groups is 1. The SMILES string of the molecule is CCCCOC(=O)c1ccoc1. The molecule has 12 heavy (non-hydrogen) atoms. The Morgan fingerprint density at radius 3 is 3.08 bits per heavy atom. The molecule has 0 fully saturated rings. The first-order chi connectivity index (χ1) is 5.84. The maximum absolute atomic E-state index is 11.1. The summed E-state index contributed by atoms with van der Waals surface area (Å²) in [5.41, 5.74) is 0.478. The Morgan fingerprint density at radius 1 is 1.67 bits per heavy atom. The van der Waals surface area contributed by atoms with Crippen molar-refractivity contribution in [3.05, 3.63) is 24.2 Å². The summed E-state index contributed by atoms with van der Waals surface area (Å²) in [6.45, 7) is 2.53. The average Bonchev–Trinajstić information content (AvgIpc) is 2.56. The second-order valence-electron chi connectivity index (χ2n) is 2.50. The Morgan fingerprint density at radius 2 is 2.50 bits per heavy atom. The molecule has 1 heterocycles. The quantitative estimate of drug-likeness (QED) is 0.511. The first kappa shape index (κ1) is 8.84. The molecule has 0 aliphatic heterocycles. The van der Waals surface area contributed by atoms with Crippen LogP contribution in [0.2, 0.25) is 0 Å². The first-order valence-corrected chi connectivity index (χ1v) is 4.04. The fourth-order valence-corrected chi connectivity index (χ4v) is 0.773. The van der Waals surface area contributed by atoms with E-state index in [2.05, 4.69) is 0 Å². The van der Waals surface area contributed by atoms with Gasteiger partial charge in [-0.05, 0) is 12.5 Å². The normalized spacial score (nSPS) is 9.75. The molecular formula is C9H12O3. The van der Waals surface area contributed by atoms with Crippen molar-refractivity contribution in [1.82, 2.24) is 0 Å². The van der Waals surface area contributed by atoms with Gasteiger partial charge in [0.2, 0.25) is 0 Å². The lowest BCUT2D eigenvalue weighted by Gasteiger charge is -1.99. The largest absolute Gasteiger partial charge is 0.472 e. The maximum Gasteiger partial charge on any atom is 0.341 e. The summed E-state index contributed by atoms with van der Waals surface area (Å²) in [5, 5.41) is 0. The molecule has 0 saturated carbocycles. The van der Waals surface area contributed by atoms with Gasteiger partial charge in [0.05, 0.1) is 18.4 Å². The van der Waals surface area contributed by atoms with E-state index in [9.17, 15) is 4.79 Å². The molecule has 0 unspecified atom stereocenters. The number of esters is 1. The molecule has 0 aliphatic carbocycles. The van der Waals surface area contributed by atoms with Crippen LogP contribution in [0.1, 0.15) is 30.1 Å². The van der Waals surface area contributed by atoms with E-state index in [-0.39, 0.29) is 5.97 Å². The molecule has 0 aliphatic rings. The van der Waals surface area contributed by atoms with Gasteiger partial charge in [0, 0.05) is 0 Å². The number of rotatable bonds is 4. The molecule has 66 valence electrons. The topological polar surface area (TPSA) is 39.4 Å². The Hall–Kier alpha value is -1.25. The van der Waals surface area contributed by atoms with Gasteiger partial charge in [-0.25, -0.2) is 4.79 Å². The smallest absolute Gasteiger partial charge is 0.341 e. The van der Waals surface area contributed by atoms with Crippen molar-refractivity contribution in [2.24, 2.45) is 0 Å². The average molecular weight is 168 g/mol. The molecule has 0 atom stereocenters. The molecule has 1 rings (SSSR count). The van der Waals surface area contributed by atoms with Gasteiger partial charge in [0.25, 0.3) is 0 Å². The van der Waals surface area contributed by atoms with Crippen LogP contribution < -0.4 is 0 Å². The van der Waals surface area contributed by atoms with Crippen LogP contribution in [0.5, 0.6) is 0 Å². The molecular weight excluding hydrogens is 156 g/mol. The van der Waals surface area contributed by atoms with Gasteiger partial charge in [-0.2, -0.15) is 0 Å². The van der Waals surface area contributed by atoms with Crippen LogP contribution in [-0.4, -0.2) is 12.6 Å². The highest BCUT2D eigenvalue weighted by Crippen LogP contribution is 2.02. The van der Waals surface area contributed by atoms with Crippen molar-refractivity contribution in [3.8, 4) is 0 Å². The van der Waals surface area contributed by atoms with E-state index < -0.39 is 0 Å². The minimum atomic E-state index is -0.308. The third kappa shape index (κ3) is 2.42. The molecule has 0 saturated heterocycles. The Bertz CT molecular complexity index is 226. The predicted octanol–water partition coefficient (Wildman–Crippen LogP) is 2.24. The molecule has 1 aromatic heterocycles. The van der Waals surface area contributed by atoms with Crippen LogP contribution in [-0.2, 0) is 4.74 Å². The van der Waals surface area contributed by atoms with Crippen LogP contribution in [0.15, 0.2) is 23.0 Å². The van der Waals surface area contributed by atoms with Gasteiger partial charge in [-0.3, -0.25) is 0 Å². The van der Waals surface area contributed by atoms with Crippen molar-refractivity contribution in [2.75, 3.05) is 6.61 Å². The van der Waals surface area contributed by atoms with Gasteiger partial charge in [-0.1, -0.05) is 13.3 Å². The van der Waals surface area contributed by atoms with E-state index in [1.807, 2.05) is 6.92 Å². The van der Waals surface area contributed by atoms with E-state index in [4.69, 9.17) is 9.15 Å². The zero-order chi connectivity index (χ0) is 8.81. The summed E-state index contributed by atoms with van der Waals surface area (Å²) in [6, 6.07) is 1.59. The van der Waals surface area contributed by atoms with Crippen LogP contribution in [0.3, 0.4) is 0 Å². The second kappa shape index (κ2) is 4.59. The standard InChI is InChI=1S/C9H12O3/c1-2-3-5-12-9(10)8-4-6-11-7-8/h4,6-7H,2-3,5H2,1H3. The van der Waals surface area contributed by atoms with E-state index in [0.29, 0.717) is 12.2 Å². The van der Waals surface area contributed by atoms with E-state index >= 15 is 0 Å². The maximum atomic E-state index is 11.1. The Labute approximate surface area is 71.3 Å². The molecule has 0 N–H and O–H groups in total. The minimum Gasteiger partial charge on any atom is -0.472 e. The summed E-state index contributed by atoms with van der Waals surface area (Å²) in [5.74, 6) is -0.308. The highest BCUT2D eigenvalue weighted by molar-refractivity contribution is 5.88. The number of ether oxygens (including phenoxy) is 1. The first-order valence-electron chi connectivity index (χ1n) is 4.04. The van der Waals surface area contributed by atoms with Crippen molar-refractivity contribution >= 4 is 5.97 Å². The monoisotopic (exact) mass is 168 g/mol. The van der Waals surface area contributed by atoms with Crippen molar-refractivity contribution in [1.29, 1.82) is 0 Å². The van der Waals surface area contributed by atoms with Gasteiger partial charge in [-0.15, -0.1) is 0 Å². The van der Waals surface area contributed by atoms with Gasteiger partial charge < -0.3 is 9.15 Å². The lowest BCUT2D eigenvalue weighted by atomic mass is 10.3. The molecule has 1 aromatic rings.